The molecule has 104 valence electrons. The molecule has 1 N–H and O–H groups in total. The highest BCUT2D eigenvalue weighted by molar-refractivity contribution is 5.78. The van der Waals surface area contributed by atoms with Crippen LogP contribution in [0.25, 0.3) is 0 Å². The molecule has 1 saturated heterocycles. The van der Waals surface area contributed by atoms with Crippen LogP contribution in [-0.2, 0) is 19.1 Å². The second-order valence-electron chi connectivity index (χ2n) is 4.66. The molecule has 1 aliphatic rings. The van der Waals surface area contributed by atoms with Gasteiger partial charge in [0.25, 0.3) is 0 Å². The minimum Gasteiger partial charge on any atom is -0.748 e. The third-order valence-corrected chi connectivity index (χ3v) is 2.49. The topological polar surface area (TPSA) is 102 Å². The molecular formula is C10H17N2O6-. The molecular weight excluding hydrogens is 244 g/mol. The van der Waals surface area contributed by atoms with Crippen LogP contribution in [0.1, 0.15) is 34.1 Å². The van der Waals surface area contributed by atoms with Crippen LogP contribution in [0.4, 0.5) is 0 Å². The van der Waals surface area contributed by atoms with Gasteiger partial charge in [-0.15, -0.1) is 5.01 Å². The summed E-state index contributed by atoms with van der Waals surface area (Å²) in [6.45, 7) is 6.02. The summed E-state index contributed by atoms with van der Waals surface area (Å²) in [6, 6.07) is -0.989. The number of cyclic esters (lactones) is 1. The van der Waals surface area contributed by atoms with Crippen molar-refractivity contribution < 1.29 is 24.3 Å². The zero-order valence-corrected chi connectivity index (χ0v) is 10.7. The van der Waals surface area contributed by atoms with Gasteiger partial charge in [-0.05, 0) is 12.3 Å². The Hall–Kier alpha value is -1.22. The third kappa shape index (κ3) is 2.96. The zero-order valence-electron chi connectivity index (χ0n) is 10.7. The molecule has 0 bridgehead atoms. The Morgan fingerprint density at radius 1 is 1.72 bits per heavy atom. The highest BCUT2D eigenvalue weighted by Crippen LogP contribution is 2.33. The lowest BCUT2D eigenvalue weighted by Gasteiger charge is -2.40. The van der Waals surface area contributed by atoms with Gasteiger partial charge in [-0.1, -0.05) is 13.8 Å². The van der Waals surface area contributed by atoms with Gasteiger partial charge in [-0.2, -0.15) is 5.34 Å². The largest absolute Gasteiger partial charge is 0.748 e. The van der Waals surface area contributed by atoms with Crippen molar-refractivity contribution in [3.05, 3.63) is 5.21 Å². The molecule has 2 unspecified atom stereocenters. The standard InChI is InChI=1S/C10H17N2O6/c1-6(2)5-8-9(14)18-10(4,17-7(3)13)11(8)12(15)16/h6,8,15H,5H2,1-4H3/q-1. The van der Waals surface area contributed by atoms with Crippen LogP contribution < -0.4 is 0 Å². The number of hydrogen-bond donors (Lipinski definition) is 1. The number of rotatable bonds is 4. The maximum atomic E-state index is 11.7. The van der Waals surface area contributed by atoms with E-state index in [1.54, 1.807) is 0 Å². The summed E-state index contributed by atoms with van der Waals surface area (Å²) < 4.78 is 9.69. The molecule has 0 aromatic rings. The molecule has 1 aliphatic heterocycles. The van der Waals surface area contributed by atoms with Crippen molar-refractivity contribution in [3.63, 3.8) is 0 Å². The highest BCUT2D eigenvalue weighted by atomic mass is 16.9. The van der Waals surface area contributed by atoms with Crippen molar-refractivity contribution >= 4 is 11.9 Å². The average Bonchev–Trinajstić information content (AvgIpc) is 2.34. The number of hydrogen-bond acceptors (Lipinski definition) is 8. The minimum atomic E-state index is -1.92. The Kier molecular flexibility index (Phi) is 4.28. The van der Waals surface area contributed by atoms with Crippen molar-refractivity contribution in [2.75, 3.05) is 0 Å². The van der Waals surface area contributed by atoms with Crippen LogP contribution in [0.5, 0.6) is 0 Å². The van der Waals surface area contributed by atoms with E-state index in [0.29, 0.717) is 5.01 Å². The Balaban J connectivity index is 3.01. The lowest BCUT2D eigenvalue weighted by atomic mass is 10.0. The van der Waals surface area contributed by atoms with Crippen molar-refractivity contribution in [2.45, 2.75) is 46.1 Å². The number of carbonyl (C=O) groups is 2. The molecule has 8 heteroatoms. The van der Waals surface area contributed by atoms with Crippen molar-refractivity contribution in [1.82, 2.24) is 10.3 Å². The summed E-state index contributed by atoms with van der Waals surface area (Å²) in [5.41, 5.74) is 0. The van der Waals surface area contributed by atoms with E-state index in [1.165, 1.54) is 6.92 Å². The van der Waals surface area contributed by atoms with E-state index in [-0.39, 0.29) is 12.3 Å². The van der Waals surface area contributed by atoms with Gasteiger partial charge in [-0.25, -0.2) is 0 Å². The third-order valence-electron chi connectivity index (χ3n) is 2.49. The molecule has 0 saturated carbocycles. The molecule has 1 rings (SSSR count). The molecule has 8 nitrogen and oxygen atoms in total. The monoisotopic (exact) mass is 261 g/mol. The fourth-order valence-corrected chi connectivity index (χ4v) is 1.94. The van der Waals surface area contributed by atoms with E-state index in [9.17, 15) is 14.8 Å². The van der Waals surface area contributed by atoms with Crippen LogP contribution >= 0.6 is 0 Å². The predicted molar refractivity (Wildman–Crippen MR) is 58.3 cm³/mol. The van der Waals surface area contributed by atoms with Crippen LogP contribution in [0.15, 0.2) is 0 Å². The highest BCUT2D eigenvalue weighted by Gasteiger charge is 2.54. The molecule has 0 amide bonds. The number of ether oxygens (including phenoxy) is 2. The molecule has 0 aliphatic carbocycles. The first-order chi connectivity index (χ1) is 8.17. The van der Waals surface area contributed by atoms with Gasteiger partial charge in [0.1, 0.15) is 6.04 Å². The number of hydrazine groups is 1. The van der Waals surface area contributed by atoms with E-state index < -0.39 is 29.2 Å². The van der Waals surface area contributed by atoms with E-state index in [1.807, 2.05) is 13.8 Å². The van der Waals surface area contributed by atoms with E-state index >= 15 is 0 Å². The first-order valence-corrected chi connectivity index (χ1v) is 5.55. The quantitative estimate of drug-likeness (QED) is 0.579. The molecule has 2 atom stereocenters. The zero-order chi connectivity index (χ0) is 14.1. The minimum absolute atomic E-state index is 0.0877. The summed E-state index contributed by atoms with van der Waals surface area (Å²) in [7, 11) is 0. The van der Waals surface area contributed by atoms with Gasteiger partial charge in [0.15, 0.2) is 0 Å². The lowest BCUT2D eigenvalue weighted by Crippen LogP contribution is -2.55. The van der Waals surface area contributed by atoms with E-state index in [0.717, 1.165) is 6.92 Å². The van der Waals surface area contributed by atoms with Gasteiger partial charge in [-0.3, -0.25) is 9.59 Å². The number of nitrogens with zero attached hydrogens (tertiary/aromatic N) is 2. The Morgan fingerprint density at radius 3 is 2.67 bits per heavy atom. The first-order valence-electron chi connectivity index (χ1n) is 5.55. The summed E-state index contributed by atoms with van der Waals surface area (Å²) in [6.07, 6.45) is 0.287. The molecule has 0 radical (unpaired) electrons. The lowest BCUT2D eigenvalue weighted by molar-refractivity contribution is -0.348. The Labute approximate surface area is 105 Å². The molecule has 0 spiro atoms. The van der Waals surface area contributed by atoms with Crippen molar-refractivity contribution in [1.29, 1.82) is 0 Å². The average molecular weight is 261 g/mol. The summed E-state index contributed by atoms with van der Waals surface area (Å²) in [4.78, 5) is 22.7. The molecule has 0 aromatic carbocycles. The second kappa shape index (κ2) is 5.19. The molecule has 0 aromatic heterocycles. The number of esters is 2. The fraction of sp³-hybridized carbons (Fsp3) is 0.800. The number of carbonyl (C=O) groups excluding carboxylic acids is 2. The van der Waals surface area contributed by atoms with Gasteiger partial charge < -0.3 is 19.9 Å². The normalized spacial score (nSPS) is 28.9. The van der Waals surface area contributed by atoms with Crippen LogP contribution in [0.3, 0.4) is 0 Å². The van der Waals surface area contributed by atoms with Gasteiger partial charge >= 0.3 is 17.8 Å². The summed E-state index contributed by atoms with van der Waals surface area (Å²) in [5.74, 6) is -3.28. The van der Waals surface area contributed by atoms with Gasteiger partial charge in [0, 0.05) is 13.8 Å². The van der Waals surface area contributed by atoms with E-state index in [4.69, 9.17) is 14.7 Å². The summed E-state index contributed by atoms with van der Waals surface area (Å²) >= 11 is 0. The van der Waals surface area contributed by atoms with Crippen LogP contribution in [0, 0.1) is 11.1 Å². The first kappa shape index (κ1) is 14.8. The fourth-order valence-electron chi connectivity index (χ4n) is 1.94. The van der Waals surface area contributed by atoms with Crippen molar-refractivity contribution in [3.8, 4) is 0 Å². The molecule has 1 heterocycles. The maximum absolute atomic E-state index is 11.7. The Bertz CT molecular complexity index is 345. The van der Waals surface area contributed by atoms with E-state index in [2.05, 4.69) is 0 Å². The Morgan fingerprint density at radius 2 is 2.28 bits per heavy atom. The van der Waals surface area contributed by atoms with Gasteiger partial charge in [0.05, 0.1) is 0 Å². The molecule has 18 heavy (non-hydrogen) atoms. The summed E-state index contributed by atoms with van der Waals surface area (Å²) in [5, 5.41) is 20.4. The van der Waals surface area contributed by atoms with Gasteiger partial charge in [0.2, 0.25) is 0 Å². The van der Waals surface area contributed by atoms with Crippen LogP contribution in [0.2, 0.25) is 0 Å². The predicted octanol–water partition coefficient (Wildman–Crippen LogP) is 0.601. The molecule has 1 fully saturated rings. The maximum Gasteiger partial charge on any atom is 0.332 e. The van der Waals surface area contributed by atoms with Crippen LogP contribution in [-0.4, -0.2) is 39.4 Å². The smallest absolute Gasteiger partial charge is 0.332 e. The second-order valence-corrected chi connectivity index (χ2v) is 4.66. The van der Waals surface area contributed by atoms with Crippen molar-refractivity contribution in [2.24, 2.45) is 5.92 Å². The SMILES string of the molecule is CC(=O)OC1(C)OC(=O)C(CC(C)C)N1N([O-])O.